The van der Waals surface area contributed by atoms with Crippen molar-refractivity contribution >= 4 is 6.09 Å². The molecule has 0 aromatic carbocycles. The summed E-state index contributed by atoms with van der Waals surface area (Å²) in [6.07, 6.45) is 0.808. The van der Waals surface area contributed by atoms with Gasteiger partial charge in [0.15, 0.2) is 0 Å². The molecule has 1 saturated carbocycles. The molecule has 82 valence electrons. The van der Waals surface area contributed by atoms with E-state index < -0.39 is 5.60 Å². The summed E-state index contributed by atoms with van der Waals surface area (Å²) in [5.41, 5.74) is -0.397. The smallest absolute Gasteiger partial charge is 0.407 e. The van der Waals surface area contributed by atoms with Gasteiger partial charge in [0, 0.05) is 6.04 Å². The number of nitrogens with one attached hydrogen (secondary N) is 1. The standard InChI is InChI=1S/C11H21NO2/c1-7(2)8-6-9(8)12-10(13)14-11(3,4)5/h7-9H,6H2,1-5H3,(H,12,13)/t8-,9-/m1/s1. The van der Waals surface area contributed by atoms with Gasteiger partial charge in [0.2, 0.25) is 0 Å². The molecule has 14 heavy (non-hydrogen) atoms. The lowest BCUT2D eigenvalue weighted by atomic mass is 10.1. The van der Waals surface area contributed by atoms with Crippen LogP contribution in [0.2, 0.25) is 0 Å². The second-order valence-corrected chi connectivity index (χ2v) is 5.40. The van der Waals surface area contributed by atoms with Crippen molar-refractivity contribution in [3.8, 4) is 0 Å². The van der Waals surface area contributed by atoms with Gasteiger partial charge in [-0.2, -0.15) is 0 Å². The van der Waals surface area contributed by atoms with E-state index in [1.807, 2.05) is 20.8 Å². The largest absolute Gasteiger partial charge is 0.444 e. The average molecular weight is 199 g/mol. The summed E-state index contributed by atoms with van der Waals surface area (Å²) in [6, 6.07) is 0.338. The Morgan fingerprint density at radius 3 is 2.36 bits per heavy atom. The third kappa shape index (κ3) is 3.56. The number of ether oxygens (including phenoxy) is 1. The lowest BCUT2D eigenvalue weighted by Gasteiger charge is -2.19. The summed E-state index contributed by atoms with van der Waals surface area (Å²) in [5.74, 6) is 1.29. The molecule has 1 N–H and O–H groups in total. The highest BCUT2D eigenvalue weighted by Crippen LogP contribution is 2.37. The van der Waals surface area contributed by atoms with E-state index >= 15 is 0 Å². The Morgan fingerprint density at radius 2 is 2.00 bits per heavy atom. The first-order valence-corrected chi connectivity index (χ1v) is 5.29. The number of carbonyl (C=O) groups excluding carboxylic acids is 1. The molecule has 0 aromatic heterocycles. The molecular formula is C11H21NO2. The van der Waals surface area contributed by atoms with Gasteiger partial charge in [-0.05, 0) is 39.0 Å². The first kappa shape index (κ1) is 11.3. The minimum absolute atomic E-state index is 0.286. The van der Waals surface area contributed by atoms with Crippen molar-refractivity contribution in [2.75, 3.05) is 0 Å². The molecule has 0 aliphatic heterocycles. The van der Waals surface area contributed by atoms with Gasteiger partial charge < -0.3 is 10.1 Å². The maximum absolute atomic E-state index is 11.3. The Kier molecular flexibility index (Phi) is 3.07. The molecule has 0 heterocycles. The second-order valence-electron chi connectivity index (χ2n) is 5.40. The molecule has 0 saturated heterocycles. The van der Waals surface area contributed by atoms with Crippen molar-refractivity contribution in [2.24, 2.45) is 11.8 Å². The molecule has 1 amide bonds. The Labute approximate surface area is 86.2 Å². The van der Waals surface area contributed by atoms with Gasteiger partial charge >= 0.3 is 6.09 Å². The van der Waals surface area contributed by atoms with Crippen LogP contribution < -0.4 is 5.32 Å². The van der Waals surface area contributed by atoms with Crippen LogP contribution in [0.15, 0.2) is 0 Å². The van der Waals surface area contributed by atoms with Crippen LogP contribution in [0.3, 0.4) is 0 Å². The molecule has 0 aromatic rings. The van der Waals surface area contributed by atoms with Crippen LogP contribution >= 0.6 is 0 Å². The molecule has 3 nitrogen and oxygen atoms in total. The van der Waals surface area contributed by atoms with E-state index in [1.54, 1.807) is 0 Å². The summed E-state index contributed by atoms with van der Waals surface area (Å²) in [5, 5.41) is 2.88. The SMILES string of the molecule is CC(C)[C@H]1C[C@H]1NC(=O)OC(C)(C)C. The molecule has 3 heteroatoms. The summed E-state index contributed by atoms with van der Waals surface area (Å²) in [7, 11) is 0. The topological polar surface area (TPSA) is 38.3 Å². The van der Waals surface area contributed by atoms with Crippen LogP contribution in [0.1, 0.15) is 41.0 Å². The highest BCUT2D eigenvalue weighted by molar-refractivity contribution is 5.68. The molecule has 0 spiro atoms. The molecular weight excluding hydrogens is 178 g/mol. The van der Waals surface area contributed by atoms with Crippen molar-refractivity contribution in [1.82, 2.24) is 5.32 Å². The summed E-state index contributed by atoms with van der Waals surface area (Å²) in [6.45, 7) is 9.99. The molecule has 0 bridgehead atoms. The van der Waals surface area contributed by atoms with Crippen LogP contribution in [0, 0.1) is 11.8 Å². The van der Waals surface area contributed by atoms with Crippen LogP contribution in [-0.2, 0) is 4.74 Å². The van der Waals surface area contributed by atoms with Crippen molar-refractivity contribution in [3.63, 3.8) is 0 Å². The molecule has 1 rings (SSSR count). The van der Waals surface area contributed by atoms with Gasteiger partial charge in [-0.1, -0.05) is 13.8 Å². The van der Waals surface area contributed by atoms with E-state index in [0.29, 0.717) is 17.9 Å². The van der Waals surface area contributed by atoms with Gasteiger partial charge in [-0.25, -0.2) is 4.79 Å². The average Bonchev–Trinajstić information content (AvgIpc) is 2.61. The molecule has 0 radical (unpaired) electrons. The Balaban J connectivity index is 2.24. The third-order valence-electron chi connectivity index (χ3n) is 2.40. The van der Waals surface area contributed by atoms with E-state index in [4.69, 9.17) is 4.74 Å². The fourth-order valence-corrected chi connectivity index (χ4v) is 1.58. The predicted octanol–water partition coefficient (Wildman–Crippen LogP) is 2.56. The van der Waals surface area contributed by atoms with E-state index in [0.717, 1.165) is 6.42 Å². The maximum Gasteiger partial charge on any atom is 0.407 e. The van der Waals surface area contributed by atoms with Crippen molar-refractivity contribution in [3.05, 3.63) is 0 Å². The quantitative estimate of drug-likeness (QED) is 0.742. The summed E-state index contributed by atoms with van der Waals surface area (Å²) >= 11 is 0. The number of hydrogen-bond acceptors (Lipinski definition) is 2. The molecule has 1 aliphatic carbocycles. The number of hydrogen-bond donors (Lipinski definition) is 1. The zero-order valence-electron chi connectivity index (χ0n) is 9.76. The number of amides is 1. The Morgan fingerprint density at radius 1 is 1.43 bits per heavy atom. The fourth-order valence-electron chi connectivity index (χ4n) is 1.58. The third-order valence-corrected chi connectivity index (χ3v) is 2.40. The highest BCUT2D eigenvalue weighted by Gasteiger charge is 2.40. The lowest BCUT2D eigenvalue weighted by Crippen LogP contribution is -2.34. The normalized spacial score (nSPS) is 26.1. The van der Waals surface area contributed by atoms with Gasteiger partial charge in [-0.15, -0.1) is 0 Å². The van der Waals surface area contributed by atoms with Crippen LogP contribution in [0.25, 0.3) is 0 Å². The fraction of sp³-hybridized carbons (Fsp3) is 0.909. The molecule has 2 atom stereocenters. The zero-order valence-corrected chi connectivity index (χ0v) is 9.76. The minimum atomic E-state index is -0.397. The van der Waals surface area contributed by atoms with E-state index in [2.05, 4.69) is 19.2 Å². The maximum atomic E-state index is 11.3. The predicted molar refractivity (Wildman–Crippen MR) is 56.1 cm³/mol. The van der Waals surface area contributed by atoms with Crippen molar-refractivity contribution in [2.45, 2.75) is 52.7 Å². The summed E-state index contributed by atoms with van der Waals surface area (Å²) < 4.78 is 5.17. The Bertz CT molecular complexity index is 218. The number of alkyl carbamates (subject to hydrolysis) is 1. The first-order valence-electron chi connectivity index (χ1n) is 5.29. The molecule has 1 aliphatic rings. The zero-order chi connectivity index (χ0) is 10.9. The van der Waals surface area contributed by atoms with Gasteiger partial charge in [-0.3, -0.25) is 0 Å². The molecule has 0 unspecified atom stereocenters. The number of carbonyl (C=O) groups is 1. The van der Waals surface area contributed by atoms with Gasteiger partial charge in [0.1, 0.15) is 5.60 Å². The van der Waals surface area contributed by atoms with E-state index in [-0.39, 0.29) is 6.09 Å². The monoisotopic (exact) mass is 199 g/mol. The van der Waals surface area contributed by atoms with Gasteiger partial charge in [0.25, 0.3) is 0 Å². The van der Waals surface area contributed by atoms with Crippen LogP contribution in [0.4, 0.5) is 4.79 Å². The minimum Gasteiger partial charge on any atom is -0.444 e. The van der Waals surface area contributed by atoms with Crippen LogP contribution in [0.5, 0.6) is 0 Å². The highest BCUT2D eigenvalue weighted by atomic mass is 16.6. The first-order chi connectivity index (χ1) is 6.29. The Hall–Kier alpha value is -0.730. The van der Waals surface area contributed by atoms with E-state index in [9.17, 15) is 4.79 Å². The lowest BCUT2D eigenvalue weighted by molar-refractivity contribution is 0.0520. The van der Waals surface area contributed by atoms with Crippen LogP contribution in [-0.4, -0.2) is 17.7 Å². The number of rotatable bonds is 2. The molecule has 1 fully saturated rings. The summed E-state index contributed by atoms with van der Waals surface area (Å²) in [4.78, 5) is 11.3. The van der Waals surface area contributed by atoms with Gasteiger partial charge in [0.05, 0.1) is 0 Å². The van der Waals surface area contributed by atoms with Crippen molar-refractivity contribution in [1.29, 1.82) is 0 Å². The van der Waals surface area contributed by atoms with Crippen molar-refractivity contribution < 1.29 is 9.53 Å². The second kappa shape index (κ2) is 3.79. The van der Waals surface area contributed by atoms with E-state index in [1.165, 1.54) is 0 Å².